The van der Waals surface area contributed by atoms with Gasteiger partial charge in [-0.05, 0) is 36.4 Å². The smallest absolute Gasteiger partial charge is 0.416 e. The first-order chi connectivity index (χ1) is 11.4. The number of nitrogens with zero attached hydrogens (tertiary/aromatic N) is 1. The van der Waals surface area contributed by atoms with E-state index < -0.39 is 11.7 Å². The highest BCUT2D eigenvalue weighted by molar-refractivity contribution is 5.72. The summed E-state index contributed by atoms with van der Waals surface area (Å²) in [4.78, 5) is 4.04. The molecule has 1 heterocycles. The van der Waals surface area contributed by atoms with Crippen molar-refractivity contribution in [1.82, 2.24) is 4.98 Å². The van der Waals surface area contributed by atoms with Gasteiger partial charge in [0.15, 0.2) is 0 Å². The number of hydrogen-bond acceptors (Lipinski definition) is 3. The highest BCUT2D eigenvalue weighted by Crippen LogP contribution is 2.37. The first-order valence-electron chi connectivity index (χ1n) is 7.08. The predicted molar refractivity (Wildman–Crippen MR) is 85.6 cm³/mol. The van der Waals surface area contributed by atoms with E-state index in [9.17, 15) is 13.2 Å². The molecule has 0 aliphatic rings. The Morgan fingerprint density at radius 1 is 0.958 bits per heavy atom. The van der Waals surface area contributed by atoms with Crippen LogP contribution in [0, 0.1) is 0 Å². The number of hydrogen-bond donors (Lipinski definition) is 1. The maximum absolute atomic E-state index is 12.8. The van der Waals surface area contributed by atoms with E-state index in [-0.39, 0.29) is 5.75 Å². The molecule has 24 heavy (non-hydrogen) atoms. The van der Waals surface area contributed by atoms with E-state index in [0.717, 1.165) is 17.7 Å². The van der Waals surface area contributed by atoms with Gasteiger partial charge < -0.3 is 10.5 Å². The fourth-order valence-corrected chi connectivity index (χ4v) is 2.25. The van der Waals surface area contributed by atoms with Crippen molar-refractivity contribution in [2.24, 2.45) is 0 Å². The van der Waals surface area contributed by atoms with Crippen LogP contribution in [0.2, 0.25) is 0 Å². The number of nitrogen functional groups attached to an aromatic ring is 1. The molecule has 0 amide bonds. The monoisotopic (exact) mass is 330 g/mol. The second kappa shape index (κ2) is 6.23. The zero-order chi connectivity index (χ0) is 17.2. The van der Waals surface area contributed by atoms with E-state index in [1.54, 1.807) is 36.7 Å². The van der Waals surface area contributed by atoms with Crippen LogP contribution in [-0.2, 0) is 6.18 Å². The summed E-state index contributed by atoms with van der Waals surface area (Å²) in [6, 6.07) is 13.3. The van der Waals surface area contributed by atoms with Crippen molar-refractivity contribution in [3.05, 3.63) is 72.6 Å². The molecular formula is C18H13F3N2O. The molecular weight excluding hydrogens is 317 g/mol. The quantitative estimate of drug-likeness (QED) is 0.676. The molecule has 0 radical (unpaired) electrons. The lowest BCUT2D eigenvalue weighted by molar-refractivity contribution is -0.137. The highest BCUT2D eigenvalue weighted by Gasteiger charge is 2.30. The second-order valence-electron chi connectivity index (χ2n) is 5.12. The molecule has 1 aromatic heterocycles. The Kier molecular flexibility index (Phi) is 4.12. The van der Waals surface area contributed by atoms with E-state index in [4.69, 9.17) is 10.5 Å². The lowest BCUT2D eigenvalue weighted by atomic mass is 10.1. The molecule has 0 atom stereocenters. The van der Waals surface area contributed by atoms with Crippen LogP contribution in [0.5, 0.6) is 11.5 Å². The normalized spacial score (nSPS) is 11.3. The van der Waals surface area contributed by atoms with Crippen LogP contribution in [0.4, 0.5) is 18.9 Å². The molecule has 3 nitrogen and oxygen atoms in total. The topological polar surface area (TPSA) is 48.1 Å². The number of pyridine rings is 1. The number of halogens is 3. The fourth-order valence-electron chi connectivity index (χ4n) is 2.25. The minimum absolute atomic E-state index is 0.0839. The average Bonchev–Trinajstić information content (AvgIpc) is 2.55. The van der Waals surface area contributed by atoms with E-state index in [1.165, 1.54) is 12.1 Å². The first-order valence-corrected chi connectivity index (χ1v) is 7.08. The summed E-state index contributed by atoms with van der Waals surface area (Å²) < 4.78 is 44.2. The minimum atomic E-state index is -4.43. The van der Waals surface area contributed by atoms with E-state index in [0.29, 0.717) is 17.0 Å². The van der Waals surface area contributed by atoms with E-state index in [2.05, 4.69) is 4.98 Å². The van der Waals surface area contributed by atoms with Gasteiger partial charge in [0.05, 0.1) is 5.56 Å². The summed E-state index contributed by atoms with van der Waals surface area (Å²) in [5, 5.41) is 0. The van der Waals surface area contributed by atoms with Crippen LogP contribution in [0.1, 0.15) is 5.56 Å². The molecule has 3 aromatic rings. The first kappa shape index (κ1) is 15.9. The number of alkyl halides is 3. The largest absolute Gasteiger partial charge is 0.457 e. The maximum atomic E-state index is 12.8. The van der Waals surface area contributed by atoms with E-state index >= 15 is 0 Å². The number of anilines is 1. The zero-order valence-electron chi connectivity index (χ0n) is 12.4. The summed E-state index contributed by atoms with van der Waals surface area (Å²) >= 11 is 0. The van der Waals surface area contributed by atoms with Gasteiger partial charge in [0.2, 0.25) is 0 Å². The maximum Gasteiger partial charge on any atom is 0.416 e. The van der Waals surface area contributed by atoms with Crippen molar-refractivity contribution >= 4 is 5.69 Å². The standard InChI is InChI=1S/C18H13F3N2O/c19-18(20,21)13-4-1-5-15(9-13)24-17-10-14(22)6-7-16(17)12-3-2-8-23-11-12/h1-11H,22H2. The van der Waals surface area contributed by atoms with Crippen LogP contribution in [-0.4, -0.2) is 4.98 Å². The van der Waals surface area contributed by atoms with Gasteiger partial charge in [0.1, 0.15) is 11.5 Å². The second-order valence-corrected chi connectivity index (χ2v) is 5.12. The van der Waals surface area contributed by atoms with Crippen molar-refractivity contribution in [1.29, 1.82) is 0 Å². The van der Waals surface area contributed by atoms with Gasteiger partial charge in [-0.2, -0.15) is 13.2 Å². The summed E-state index contributed by atoms with van der Waals surface area (Å²) in [6.07, 6.45) is -1.15. The molecule has 0 aliphatic carbocycles. The van der Waals surface area contributed by atoms with Crippen LogP contribution in [0.3, 0.4) is 0 Å². The Morgan fingerprint density at radius 2 is 1.79 bits per heavy atom. The molecule has 3 rings (SSSR count). The lowest BCUT2D eigenvalue weighted by Crippen LogP contribution is -2.04. The molecule has 0 unspecified atom stereocenters. The molecule has 2 aromatic carbocycles. The lowest BCUT2D eigenvalue weighted by Gasteiger charge is -2.13. The molecule has 6 heteroatoms. The van der Waals surface area contributed by atoms with Gasteiger partial charge in [-0.3, -0.25) is 4.98 Å². The van der Waals surface area contributed by atoms with Crippen molar-refractivity contribution in [2.75, 3.05) is 5.73 Å². The summed E-state index contributed by atoms with van der Waals surface area (Å²) in [5.41, 5.74) is 6.93. The number of benzene rings is 2. The van der Waals surface area contributed by atoms with Crippen molar-refractivity contribution in [3.8, 4) is 22.6 Å². The molecule has 2 N–H and O–H groups in total. The third-order valence-electron chi connectivity index (χ3n) is 3.37. The molecule has 0 bridgehead atoms. The summed E-state index contributed by atoms with van der Waals surface area (Å²) in [7, 11) is 0. The third-order valence-corrected chi connectivity index (χ3v) is 3.37. The highest BCUT2D eigenvalue weighted by atomic mass is 19.4. The van der Waals surface area contributed by atoms with Gasteiger partial charge in [-0.25, -0.2) is 0 Å². The van der Waals surface area contributed by atoms with Crippen molar-refractivity contribution in [2.45, 2.75) is 6.18 Å². The van der Waals surface area contributed by atoms with Gasteiger partial charge >= 0.3 is 6.18 Å². The molecule has 0 aliphatic heterocycles. The average molecular weight is 330 g/mol. The van der Waals surface area contributed by atoms with Crippen LogP contribution in [0.25, 0.3) is 11.1 Å². The number of rotatable bonds is 3. The van der Waals surface area contributed by atoms with Gasteiger partial charge in [0, 0.05) is 35.3 Å². The van der Waals surface area contributed by atoms with Crippen molar-refractivity contribution in [3.63, 3.8) is 0 Å². The Morgan fingerprint density at radius 3 is 2.50 bits per heavy atom. The molecule has 0 fully saturated rings. The molecule has 0 saturated carbocycles. The summed E-state index contributed by atoms with van der Waals surface area (Å²) in [6.45, 7) is 0. The Labute approximate surface area is 136 Å². The number of aromatic nitrogens is 1. The Bertz CT molecular complexity index is 848. The summed E-state index contributed by atoms with van der Waals surface area (Å²) in [5.74, 6) is 0.447. The SMILES string of the molecule is Nc1ccc(-c2cccnc2)c(Oc2cccc(C(F)(F)F)c2)c1. The van der Waals surface area contributed by atoms with Crippen molar-refractivity contribution < 1.29 is 17.9 Å². The van der Waals surface area contributed by atoms with Crippen LogP contribution < -0.4 is 10.5 Å². The van der Waals surface area contributed by atoms with Gasteiger partial charge in [-0.1, -0.05) is 12.1 Å². The number of nitrogens with two attached hydrogens (primary N) is 1. The van der Waals surface area contributed by atoms with Gasteiger partial charge in [0.25, 0.3) is 0 Å². The van der Waals surface area contributed by atoms with Crippen LogP contribution in [0.15, 0.2) is 67.0 Å². The Hall–Kier alpha value is -3.02. The zero-order valence-corrected chi connectivity index (χ0v) is 12.4. The molecule has 0 spiro atoms. The van der Waals surface area contributed by atoms with E-state index in [1.807, 2.05) is 6.07 Å². The minimum Gasteiger partial charge on any atom is -0.457 e. The number of ether oxygens (including phenoxy) is 1. The third kappa shape index (κ3) is 3.48. The van der Waals surface area contributed by atoms with Crippen LogP contribution >= 0.6 is 0 Å². The molecule has 0 saturated heterocycles. The Balaban J connectivity index is 2.00. The predicted octanol–water partition coefficient (Wildman–Crippen LogP) is 5.14. The van der Waals surface area contributed by atoms with Gasteiger partial charge in [-0.15, -0.1) is 0 Å². The fraction of sp³-hybridized carbons (Fsp3) is 0.0556. The molecule has 122 valence electrons.